The van der Waals surface area contributed by atoms with Crippen LogP contribution in [-0.2, 0) is 12.6 Å². The number of rotatable bonds is 2. The van der Waals surface area contributed by atoms with Gasteiger partial charge in [0.15, 0.2) is 5.69 Å². The number of nitrogens with zero attached hydrogens (tertiary/aromatic N) is 4. The molecule has 4 aliphatic rings. The average molecular weight is 452 g/mol. The highest BCUT2D eigenvalue weighted by atomic mass is 32.2. The van der Waals surface area contributed by atoms with Crippen LogP contribution < -0.4 is 4.72 Å². The number of urea groups is 1. The first-order valence-electron chi connectivity index (χ1n) is 10.6. The second-order valence-electron chi connectivity index (χ2n) is 9.66. The largest absolute Gasteiger partial charge is 0.434 e. The third-order valence-corrected chi connectivity index (χ3v) is 8.14. The molecule has 1 aliphatic carbocycles. The first-order chi connectivity index (χ1) is 14.7. The predicted octanol–water partition coefficient (Wildman–Crippen LogP) is 3.43. The first-order valence-corrected chi connectivity index (χ1v) is 11.6. The predicted molar refractivity (Wildman–Crippen MR) is 109 cm³/mol. The Morgan fingerprint density at radius 1 is 1.29 bits per heavy atom. The van der Waals surface area contributed by atoms with E-state index in [2.05, 4.69) is 9.71 Å². The van der Waals surface area contributed by atoms with Crippen LogP contribution in [0.4, 0.5) is 18.0 Å². The van der Waals surface area contributed by atoms with Gasteiger partial charge in [-0.1, -0.05) is 11.9 Å². The summed E-state index contributed by atoms with van der Waals surface area (Å²) in [7, 11) is 0. The zero-order valence-electron chi connectivity index (χ0n) is 17.0. The minimum absolute atomic E-state index is 0.112. The number of carbonyl (C=O) groups is 1. The Morgan fingerprint density at radius 3 is 2.61 bits per heavy atom. The van der Waals surface area contributed by atoms with E-state index in [1.54, 1.807) is 18.0 Å². The fourth-order valence-electron chi connectivity index (χ4n) is 5.71. The van der Waals surface area contributed by atoms with Crippen LogP contribution >= 0.6 is 11.9 Å². The number of aromatic nitrogens is 1. The van der Waals surface area contributed by atoms with Crippen molar-refractivity contribution in [2.45, 2.75) is 43.8 Å². The van der Waals surface area contributed by atoms with Gasteiger partial charge in [0.05, 0.1) is 11.1 Å². The molecule has 2 spiro atoms. The average Bonchev–Trinajstić information content (AvgIpc) is 2.66. The summed E-state index contributed by atoms with van der Waals surface area (Å²) >= 11 is 1.76. The van der Waals surface area contributed by atoms with E-state index < -0.39 is 17.4 Å². The van der Waals surface area contributed by atoms with E-state index >= 15 is 0 Å². The van der Waals surface area contributed by atoms with Gasteiger partial charge in [-0.25, -0.2) is 4.79 Å². The van der Waals surface area contributed by atoms with Gasteiger partial charge >= 0.3 is 12.2 Å². The summed E-state index contributed by atoms with van der Waals surface area (Å²) in [5.41, 5.74) is -0.593. The maximum Gasteiger partial charge on any atom is 0.434 e. The second-order valence-corrected chi connectivity index (χ2v) is 10.6. The zero-order chi connectivity index (χ0) is 21.9. The van der Waals surface area contributed by atoms with Crippen LogP contribution in [0.5, 0.6) is 0 Å². The Balaban J connectivity index is 1.09. The molecule has 1 saturated carbocycles. The molecule has 31 heavy (non-hydrogen) atoms. The van der Waals surface area contributed by atoms with Crippen molar-refractivity contribution in [3.8, 4) is 6.07 Å². The molecule has 1 aromatic rings. The number of likely N-dealkylation sites (tertiary alicyclic amines) is 2. The number of hydrogen-bond acceptors (Lipinski definition) is 5. The lowest BCUT2D eigenvalue weighted by Crippen LogP contribution is -2.74. The Bertz CT molecular complexity index is 918. The van der Waals surface area contributed by atoms with Crippen molar-refractivity contribution in [1.29, 1.82) is 5.26 Å². The number of halogens is 3. The Hall–Kier alpha value is -1.99. The highest BCUT2D eigenvalue weighted by Crippen LogP contribution is 2.53. The SMILES string of the molecule is N#Cc1cc(CC2CC3(C2)CN(C(=O)N2CC4(CCCSN4)C2)C3)cnc1C(F)(F)F. The van der Waals surface area contributed by atoms with Gasteiger partial charge in [-0.3, -0.25) is 9.71 Å². The monoisotopic (exact) mass is 451 g/mol. The van der Waals surface area contributed by atoms with E-state index in [0.29, 0.717) is 17.9 Å². The van der Waals surface area contributed by atoms with Gasteiger partial charge in [-0.15, -0.1) is 0 Å². The molecule has 10 heteroatoms. The van der Waals surface area contributed by atoms with Crippen molar-refractivity contribution in [2.75, 3.05) is 31.9 Å². The van der Waals surface area contributed by atoms with Crippen LogP contribution in [0, 0.1) is 22.7 Å². The fourth-order valence-corrected chi connectivity index (χ4v) is 6.64. The van der Waals surface area contributed by atoms with E-state index in [0.717, 1.165) is 51.2 Å². The Morgan fingerprint density at radius 2 is 2.00 bits per heavy atom. The second kappa shape index (κ2) is 7.27. The molecule has 3 aliphatic heterocycles. The van der Waals surface area contributed by atoms with E-state index in [-0.39, 0.29) is 17.0 Å². The van der Waals surface area contributed by atoms with Gasteiger partial charge in [0, 0.05) is 43.5 Å². The summed E-state index contributed by atoms with van der Waals surface area (Å²) in [4.78, 5) is 20.1. The van der Waals surface area contributed by atoms with Gasteiger partial charge in [0.2, 0.25) is 0 Å². The smallest absolute Gasteiger partial charge is 0.323 e. The summed E-state index contributed by atoms with van der Waals surface area (Å²) in [6.45, 7) is 3.10. The highest BCUT2D eigenvalue weighted by molar-refractivity contribution is 7.97. The normalized spacial score (nSPS) is 24.3. The summed E-state index contributed by atoms with van der Waals surface area (Å²) in [6.07, 6.45) is 1.48. The van der Waals surface area contributed by atoms with Crippen molar-refractivity contribution in [3.05, 3.63) is 29.1 Å². The van der Waals surface area contributed by atoms with Gasteiger partial charge < -0.3 is 9.80 Å². The van der Waals surface area contributed by atoms with E-state index in [9.17, 15) is 18.0 Å². The number of hydrogen-bond donors (Lipinski definition) is 1. The van der Waals surface area contributed by atoms with Crippen molar-refractivity contribution >= 4 is 18.0 Å². The molecule has 0 bridgehead atoms. The number of pyridine rings is 1. The van der Waals surface area contributed by atoms with Gasteiger partial charge in [0.25, 0.3) is 0 Å². The topological polar surface area (TPSA) is 72.3 Å². The number of nitriles is 1. The van der Waals surface area contributed by atoms with Gasteiger partial charge in [0.1, 0.15) is 6.07 Å². The minimum atomic E-state index is -4.62. The van der Waals surface area contributed by atoms with Gasteiger partial charge in [-0.05, 0) is 49.7 Å². The molecule has 4 fully saturated rings. The number of carbonyl (C=O) groups excluding carboxylic acids is 1. The molecular formula is C21H24F3N5OS. The molecule has 4 heterocycles. The molecule has 6 nitrogen and oxygen atoms in total. The first kappa shape index (κ1) is 20.9. The molecule has 0 radical (unpaired) electrons. The number of alkyl halides is 3. The third kappa shape index (κ3) is 3.76. The van der Waals surface area contributed by atoms with E-state index in [4.69, 9.17) is 5.26 Å². The van der Waals surface area contributed by atoms with Crippen molar-refractivity contribution < 1.29 is 18.0 Å². The molecule has 3 saturated heterocycles. The lowest BCUT2D eigenvalue weighted by Gasteiger charge is -2.61. The summed E-state index contributed by atoms with van der Waals surface area (Å²) in [5.74, 6) is 1.49. The molecular weight excluding hydrogens is 427 g/mol. The molecule has 2 amide bonds. The standard InChI is InChI=1S/C21H24F3N5OS/c22-21(23,24)17-16(8-25)5-14(9-26-17)4-15-6-19(7-15)10-28(11-19)18(30)29-12-20(13-29)2-1-3-31-27-20/h5,9,15,27H,1-4,6-7,10-13H2. The highest BCUT2D eigenvalue weighted by Gasteiger charge is 2.56. The maximum absolute atomic E-state index is 12.9. The number of amides is 2. The van der Waals surface area contributed by atoms with Crippen LogP contribution in [0.3, 0.4) is 0 Å². The Kier molecular flexibility index (Phi) is 4.90. The lowest BCUT2D eigenvalue weighted by molar-refractivity contribution is -0.141. The van der Waals surface area contributed by atoms with Crippen LogP contribution in [0.25, 0.3) is 0 Å². The Labute approximate surface area is 183 Å². The minimum Gasteiger partial charge on any atom is -0.323 e. The van der Waals surface area contributed by atoms with Crippen LogP contribution in [-0.4, -0.2) is 58.3 Å². The molecule has 1 aromatic heterocycles. The molecule has 166 valence electrons. The lowest BCUT2D eigenvalue weighted by atomic mass is 9.56. The van der Waals surface area contributed by atoms with Crippen molar-refractivity contribution in [1.82, 2.24) is 19.5 Å². The van der Waals surface area contributed by atoms with Gasteiger partial charge in [-0.2, -0.15) is 18.4 Å². The van der Waals surface area contributed by atoms with E-state index in [1.165, 1.54) is 18.7 Å². The third-order valence-electron chi connectivity index (χ3n) is 7.07. The molecule has 5 rings (SSSR count). The summed E-state index contributed by atoms with van der Waals surface area (Å²) in [5, 5.41) is 9.04. The molecule has 0 unspecified atom stereocenters. The maximum atomic E-state index is 12.9. The van der Waals surface area contributed by atoms with Crippen LogP contribution in [0.1, 0.15) is 42.5 Å². The van der Waals surface area contributed by atoms with Crippen molar-refractivity contribution in [3.63, 3.8) is 0 Å². The quantitative estimate of drug-likeness (QED) is 0.698. The van der Waals surface area contributed by atoms with Crippen LogP contribution in [0.2, 0.25) is 0 Å². The van der Waals surface area contributed by atoms with Crippen LogP contribution in [0.15, 0.2) is 12.3 Å². The molecule has 0 atom stereocenters. The molecule has 0 aromatic carbocycles. The van der Waals surface area contributed by atoms with E-state index in [1.807, 2.05) is 9.80 Å². The number of nitrogens with one attached hydrogen (secondary N) is 1. The summed E-state index contributed by atoms with van der Waals surface area (Å²) < 4.78 is 42.2. The van der Waals surface area contributed by atoms with Crippen molar-refractivity contribution in [2.24, 2.45) is 11.3 Å². The summed E-state index contributed by atoms with van der Waals surface area (Å²) in [6, 6.07) is 3.06. The zero-order valence-corrected chi connectivity index (χ0v) is 17.9. The molecule has 1 N–H and O–H groups in total. The fraction of sp³-hybridized carbons (Fsp3) is 0.667.